The molecule has 4 atom stereocenters. The van der Waals surface area contributed by atoms with Crippen molar-refractivity contribution >= 4 is 37.6 Å². The molecule has 0 rings (SSSR count). The van der Waals surface area contributed by atoms with Gasteiger partial charge in [0.15, 0.2) is 0 Å². The zero-order valence-corrected chi connectivity index (χ0v) is 8.51. The fraction of sp³-hybridized carbons (Fsp3) is 0. The Morgan fingerprint density at radius 2 is 0.833 bits per heavy atom. The lowest BCUT2D eigenvalue weighted by molar-refractivity contribution is -0.294. The molecule has 0 aromatic heterocycles. The van der Waals surface area contributed by atoms with Crippen LogP contribution in [0.25, 0.3) is 0 Å². The van der Waals surface area contributed by atoms with E-state index in [-0.39, 0.29) is 12.4 Å². The normalized spacial score (nSPS) is 10.0. The molecule has 0 fully saturated rings. The molecule has 6 heteroatoms. The molecular weight excluding hydrogens is 173 g/mol. The first kappa shape index (κ1) is 10.9. The minimum Gasteiger partial charge on any atom is -1.00 e. The van der Waals surface area contributed by atoms with Gasteiger partial charge in [-0.3, -0.25) is 3.57 Å². The number of rotatable bonds is 0. The Morgan fingerprint density at radius 1 is 0.833 bits per heavy atom. The van der Waals surface area contributed by atoms with Gasteiger partial charge < -0.3 is 12.4 Å². The molecule has 0 aliphatic heterocycles. The minimum absolute atomic E-state index is 0. The maximum atomic E-state index is 2.54. The van der Waals surface area contributed by atoms with E-state index in [4.69, 9.17) is 0 Å². The molecule has 0 radical (unpaired) electrons. The highest BCUT2D eigenvalue weighted by molar-refractivity contribution is 7.48. The van der Waals surface area contributed by atoms with Gasteiger partial charge >= 0.3 is 0 Å². The number of quaternary nitrogens is 1. The molecule has 0 spiro atoms. The summed E-state index contributed by atoms with van der Waals surface area (Å²) in [6.45, 7) is 0. The molecule has 40 valence electrons. The second-order valence-electron chi connectivity index (χ2n) is 0.894. The molecule has 0 aliphatic carbocycles. The van der Waals surface area contributed by atoms with Gasteiger partial charge in [-0.05, 0) is 0 Å². The summed E-state index contributed by atoms with van der Waals surface area (Å²) >= 11 is 0. The van der Waals surface area contributed by atoms with Gasteiger partial charge in [0.05, 0.1) is 37.6 Å². The maximum Gasteiger partial charge on any atom is 0.0772 e. The standard InChI is InChI=1S/ClH.H8NP4/c;2-1(3,4)5/h1H;2-5H2/q;+1/p-1. The monoisotopic (exact) mass is 181 g/mol. The summed E-state index contributed by atoms with van der Waals surface area (Å²) in [7, 11) is 10.2. The average molecular weight is 181 g/mol. The van der Waals surface area contributed by atoms with Crippen molar-refractivity contribution in [2.75, 3.05) is 0 Å². The van der Waals surface area contributed by atoms with E-state index < -0.39 is 0 Å². The van der Waals surface area contributed by atoms with Crippen molar-refractivity contribution in [3.63, 3.8) is 0 Å². The van der Waals surface area contributed by atoms with Crippen molar-refractivity contribution in [2.45, 2.75) is 0 Å². The van der Waals surface area contributed by atoms with Crippen molar-refractivity contribution in [3.8, 4) is 0 Å². The lowest BCUT2D eigenvalue weighted by Gasteiger charge is -2.11. The fourth-order valence-electron chi connectivity index (χ4n) is 0. The second kappa shape index (κ2) is 3.91. The van der Waals surface area contributed by atoms with E-state index in [9.17, 15) is 0 Å². The van der Waals surface area contributed by atoms with Crippen LogP contribution >= 0.6 is 37.6 Å². The number of hydrogen-bond donors (Lipinski definition) is 0. The molecule has 0 bridgehead atoms. The molecule has 1 nitrogen and oxygen atoms in total. The van der Waals surface area contributed by atoms with Crippen molar-refractivity contribution in [3.05, 3.63) is 0 Å². The van der Waals surface area contributed by atoms with Crippen molar-refractivity contribution in [2.24, 2.45) is 0 Å². The van der Waals surface area contributed by atoms with Crippen LogP contribution in [0, 0.1) is 0 Å². The predicted octanol–water partition coefficient (Wildman–Crippen LogP) is -2.03. The molecule has 4 unspecified atom stereocenters. The van der Waals surface area contributed by atoms with E-state index >= 15 is 0 Å². The summed E-state index contributed by atoms with van der Waals surface area (Å²) in [5.74, 6) is 0. The first-order valence-electron chi connectivity index (χ1n) is 1.03. The van der Waals surface area contributed by atoms with E-state index in [2.05, 4.69) is 37.6 Å². The molecular formula is H8ClNP4. The molecule has 0 aromatic carbocycles. The summed E-state index contributed by atoms with van der Waals surface area (Å²) in [6, 6.07) is 0. The Bertz CT molecular complexity index is 23.0. The summed E-state index contributed by atoms with van der Waals surface area (Å²) in [5, 5.41) is 0. The molecule has 0 heterocycles. The van der Waals surface area contributed by atoms with Gasteiger partial charge in [0.1, 0.15) is 0 Å². The molecule has 0 N–H and O–H groups in total. The Kier molecular flexibility index (Phi) is 7.08. The molecule has 0 amide bonds. The fourth-order valence-corrected chi connectivity index (χ4v) is 0. The molecule has 6 heavy (non-hydrogen) atoms. The van der Waals surface area contributed by atoms with Crippen molar-refractivity contribution < 1.29 is 16.0 Å². The summed E-state index contributed by atoms with van der Waals surface area (Å²) in [6.07, 6.45) is 0. The second-order valence-corrected chi connectivity index (χ2v) is 8.05. The van der Waals surface area contributed by atoms with Crippen LogP contribution in [-0.4, -0.2) is 3.57 Å². The third-order valence-corrected chi connectivity index (χ3v) is 0. The molecule has 0 aromatic rings. The average Bonchev–Trinajstić information content (AvgIpc) is 0.722. The highest BCUT2D eigenvalue weighted by atomic mass is 35.5. The van der Waals surface area contributed by atoms with Crippen molar-refractivity contribution in [1.82, 2.24) is 0 Å². The molecule has 0 saturated heterocycles. The third-order valence-electron chi connectivity index (χ3n) is 0. The van der Waals surface area contributed by atoms with E-state index in [0.717, 1.165) is 0 Å². The van der Waals surface area contributed by atoms with E-state index in [1.165, 1.54) is 0 Å². The van der Waals surface area contributed by atoms with Gasteiger partial charge in [-0.15, -0.1) is 0 Å². The number of nitrogens with zero attached hydrogens (tertiary/aromatic N) is 1. The van der Waals surface area contributed by atoms with Crippen molar-refractivity contribution in [1.29, 1.82) is 0 Å². The van der Waals surface area contributed by atoms with Gasteiger partial charge in [-0.2, -0.15) is 0 Å². The Hall–Kier alpha value is 1.97. The van der Waals surface area contributed by atoms with Crippen LogP contribution in [0.15, 0.2) is 0 Å². The van der Waals surface area contributed by atoms with Crippen LogP contribution in [0.4, 0.5) is 0 Å². The zero-order chi connectivity index (χ0) is 4.50. The molecule has 0 saturated carbocycles. The van der Waals surface area contributed by atoms with Crippen LogP contribution in [-0.2, 0) is 0 Å². The lowest BCUT2D eigenvalue weighted by Crippen LogP contribution is -3.00. The Morgan fingerprint density at radius 3 is 0.833 bits per heavy atom. The topological polar surface area (TPSA) is 0 Å². The van der Waals surface area contributed by atoms with E-state index in [1.54, 1.807) is 0 Å². The van der Waals surface area contributed by atoms with Crippen LogP contribution in [0.5, 0.6) is 0 Å². The van der Waals surface area contributed by atoms with Crippen LogP contribution in [0.3, 0.4) is 0 Å². The highest BCUT2D eigenvalue weighted by Crippen LogP contribution is 2.35. The zero-order valence-electron chi connectivity index (χ0n) is 3.13. The van der Waals surface area contributed by atoms with Gasteiger partial charge in [-0.25, -0.2) is 0 Å². The number of hydrogen-bond acceptors (Lipinski definition) is 0. The van der Waals surface area contributed by atoms with Gasteiger partial charge in [0.2, 0.25) is 0 Å². The first-order chi connectivity index (χ1) is 2.00. The summed E-state index contributed by atoms with van der Waals surface area (Å²) < 4.78 is 0.667. The lowest BCUT2D eigenvalue weighted by atomic mass is 13.8. The predicted molar refractivity (Wildman–Crippen MR) is 39.1 cm³/mol. The highest BCUT2D eigenvalue weighted by Gasteiger charge is 1.91. The molecule has 0 aliphatic rings. The first-order valence-corrected chi connectivity index (χ1v) is 3.10. The smallest absolute Gasteiger partial charge is 0.0772 e. The van der Waals surface area contributed by atoms with Crippen LogP contribution < -0.4 is 12.4 Å². The van der Waals surface area contributed by atoms with E-state index in [1.807, 2.05) is 0 Å². The number of halogens is 1. The summed E-state index contributed by atoms with van der Waals surface area (Å²) in [4.78, 5) is 0. The van der Waals surface area contributed by atoms with Crippen LogP contribution in [0.2, 0.25) is 0 Å². The summed E-state index contributed by atoms with van der Waals surface area (Å²) in [5.41, 5.74) is 0. The quantitative estimate of drug-likeness (QED) is 0.378. The van der Waals surface area contributed by atoms with Crippen LogP contribution in [0.1, 0.15) is 0 Å². The van der Waals surface area contributed by atoms with Gasteiger partial charge in [0, 0.05) is 0 Å². The van der Waals surface area contributed by atoms with E-state index in [0.29, 0.717) is 3.57 Å². The maximum absolute atomic E-state index is 2.54. The Labute approximate surface area is 54.0 Å². The SMILES string of the molecule is P[N+](P)(P)P.[Cl-]. The third kappa shape index (κ3) is 38.0. The van der Waals surface area contributed by atoms with Gasteiger partial charge in [0.25, 0.3) is 0 Å². The van der Waals surface area contributed by atoms with Gasteiger partial charge in [-0.1, -0.05) is 0 Å². The largest absolute Gasteiger partial charge is 1.00 e. The minimum atomic E-state index is 0. The Balaban J connectivity index is 0.